The van der Waals surface area contributed by atoms with Crippen LogP contribution in [0.25, 0.3) is 0 Å². The molecule has 0 aliphatic rings. The third-order valence-corrected chi connectivity index (χ3v) is 0. The van der Waals surface area contributed by atoms with Crippen molar-refractivity contribution in [3.63, 3.8) is 0 Å². The van der Waals surface area contributed by atoms with Crippen LogP contribution in [0, 0.1) is 0 Å². The fourth-order valence-electron chi connectivity index (χ4n) is 0. The number of hydrogen-bond donors (Lipinski definition) is 2. The topological polar surface area (TPSA) is 91.7 Å². The third-order valence-electron chi connectivity index (χ3n) is 0. The van der Waals surface area contributed by atoms with E-state index in [2.05, 4.69) is 0 Å². The Labute approximate surface area is 52.6 Å². The normalized spacial score (nSPS) is 8.71. The zero-order valence-electron chi connectivity index (χ0n) is 2.97. The van der Waals surface area contributed by atoms with Crippen LogP contribution in [0.1, 0.15) is 0 Å². The molecule has 7 heteroatoms. The van der Waals surface area contributed by atoms with Gasteiger partial charge in [0.05, 0.1) is 0 Å². The predicted octanol–water partition coefficient (Wildman–Crippen LogP) is -0.774. The van der Waals surface area contributed by atoms with Gasteiger partial charge < -0.3 is 0 Å². The van der Waals surface area contributed by atoms with Crippen molar-refractivity contribution in [2.75, 3.05) is 0 Å². The molecule has 0 bridgehead atoms. The molecule has 0 unspecified atom stereocenters. The molecule has 43 valence electrons. The molecule has 0 aromatic rings. The van der Waals surface area contributed by atoms with Crippen molar-refractivity contribution in [1.82, 2.24) is 0 Å². The summed E-state index contributed by atoms with van der Waals surface area (Å²) in [6.45, 7) is 0. The molecule has 5 nitrogen and oxygen atoms in total. The van der Waals surface area contributed by atoms with Crippen LogP contribution in [0.15, 0.2) is 0 Å². The Morgan fingerprint density at radius 1 is 1.14 bits per heavy atom. The van der Waals surface area contributed by atoms with Crippen LogP contribution in [0.2, 0.25) is 0 Å². The summed E-state index contributed by atoms with van der Waals surface area (Å²) in [4.78, 5) is 0. The fourth-order valence-corrected chi connectivity index (χ4v) is 0. The molecular weight excluding hydrogens is 205 g/mol. The van der Waals surface area contributed by atoms with Gasteiger partial charge in [-0.05, 0) is 0 Å². The van der Waals surface area contributed by atoms with Crippen LogP contribution in [-0.4, -0.2) is 17.5 Å². The van der Waals surface area contributed by atoms with Gasteiger partial charge in [0.15, 0.2) is 0 Å². The molecule has 0 spiro atoms. The van der Waals surface area contributed by atoms with E-state index in [1.54, 1.807) is 0 Å². The van der Waals surface area contributed by atoms with E-state index in [9.17, 15) is 0 Å². The van der Waals surface area contributed by atoms with Gasteiger partial charge in [0.25, 0.3) is 0 Å². The van der Waals surface area contributed by atoms with Crippen LogP contribution in [0.3, 0.4) is 0 Å². The fraction of sp³-hybridized carbons (Fsp3) is 0. The Morgan fingerprint density at radius 3 is 1.14 bits per heavy atom. The molecule has 7 heavy (non-hydrogen) atoms. The Morgan fingerprint density at radius 2 is 1.14 bits per heavy atom. The SMILES string of the molecule is O=S(=O)(O)O.[O]=[Nb]. The molecule has 0 aromatic heterocycles. The molecule has 0 aromatic carbocycles. The van der Waals surface area contributed by atoms with Crippen molar-refractivity contribution in [3.8, 4) is 0 Å². The molecule has 0 aliphatic heterocycles. The van der Waals surface area contributed by atoms with E-state index >= 15 is 0 Å². The van der Waals surface area contributed by atoms with Gasteiger partial charge in [0.2, 0.25) is 0 Å². The summed E-state index contributed by atoms with van der Waals surface area (Å²) in [5.41, 5.74) is 0. The van der Waals surface area contributed by atoms with E-state index in [0.717, 1.165) is 0 Å². The second-order valence-electron chi connectivity index (χ2n) is 0.448. The Kier molecular flexibility index (Phi) is 6.79. The van der Waals surface area contributed by atoms with Crippen molar-refractivity contribution in [2.45, 2.75) is 0 Å². The average Bonchev–Trinajstić information content (AvgIpc) is 1.36. The summed E-state index contributed by atoms with van der Waals surface area (Å²) in [5.74, 6) is 0. The first-order chi connectivity index (χ1) is 3.00. The molecule has 0 atom stereocenters. The van der Waals surface area contributed by atoms with E-state index in [-0.39, 0.29) is 0 Å². The van der Waals surface area contributed by atoms with Crippen molar-refractivity contribution in [1.29, 1.82) is 0 Å². The van der Waals surface area contributed by atoms with Gasteiger partial charge in [-0.2, -0.15) is 8.42 Å². The molecule has 0 amide bonds. The molecule has 2 N–H and O–H groups in total. The molecule has 0 radical (unpaired) electrons. The van der Waals surface area contributed by atoms with Gasteiger partial charge in [0.1, 0.15) is 0 Å². The maximum atomic E-state index is 8.74. The quantitative estimate of drug-likeness (QED) is 0.401. The molecular formula is H2NbO5S. The molecule has 0 aliphatic carbocycles. The second kappa shape index (κ2) is 4.57. The maximum absolute atomic E-state index is 8.74. The first kappa shape index (κ1) is 10.4. The number of hydrogen-bond acceptors (Lipinski definition) is 3. The zero-order valence-corrected chi connectivity index (χ0v) is 5.99. The molecule has 0 saturated carbocycles. The summed E-state index contributed by atoms with van der Waals surface area (Å²) in [6.07, 6.45) is 0. The first-order valence-corrected chi connectivity index (χ1v) is 3.18. The van der Waals surface area contributed by atoms with Crippen LogP contribution >= 0.6 is 0 Å². The first-order valence-electron chi connectivity index (χ1n) is 0.881. The van der Waals surface area contributed by atoms with E-state index in [0.29, 0.717) is 21.0 Å². The Hall–Kier alpha value is 0.410. The molecule has 0 fully saturated rings. The van der Waals surface area contributed by atoms with Gasteiger partial charge >= 0.3 is 34.7 Å². The van der Waals surface area contributed by atoms with Crippen LogP contribution in [0.5, 0.6) is 0 Å². The van der Waals surface area contributed by atoms with E-state index in [1.165, 1.54) is 0 Å². The molecule has 0 saturated heterocycles. The number of rotatable bonds is 0. The summed E-state index contributed by atoms with van der Waals surface area (Å²) in [7, 11) is -4.67. The monoisotopic (exact) mass is 207 g/mol. The summed E-state index contributed by atoms with van der Waals surface area (Å²) in [6, 6.07) is 0. The van der Waals surface area contributed by atoms with Gasteiger partial charge in [-0.15, -0.1) is 0 Å². The van der Waals surface area contributed by atoms with Crippen molar-refractivity contribution < 1.29 is 41.8 Å². The van der Waals surface area contributed by atoms with Crippen LogP contribution in [0.4, 0.5) is 0 Å². The molecule has 0 heterocycles. The predicted molar refractivity (Wildman–Crippen MR) is 14.9 cm³/mol. The van der Waals surface area contributed by atoms with Crippen LogP contribution < -0.4 is 0 Å². The van der Waals surface area contributed by atoms with Crippen molar-refractivity contribution in [3.05, 3.63) is 0 Å². The van der Waals surface area contributed by atoms with E-state index in [1.807, 2.05) is 0 Å². The van der Waals surface area contributed by atoms with Gasteiger partial charge in [-0.1, -0.05) is 0 Å². The standard InChI is InChI=1S/Nb.H2O4S.O/c;1-5(2,3)4;/h;(H2,1,2,3,4);. The third kappa shape index (κ3) is 741. The minimum absolute atomic E-state index is 0.500. The van der Waals surface area contributed by atoms with E-state index in [4.69, 9.17) is 20.8 Å². The summed E-state index contributed by atoms with van der Waals surface area (Å²) < 4.78 is 39.9. The molecule has 0 rings (SSSR count). The van der Waals surface area contributed by atoms with Gasteiger partial charge in [-0.25, -0.2) is 0 Å². The van der Waals surface area contributed by atoms with Crippen LogP contribution in [-0.2, 0) is 34.7 Å². The van der Waals surface area contributed by atoms with Gasteiger partial charge in [-0.3, -0.25) is 9.11 Å². The Bertz CT molecular complexity index is 102. The Balaban J connectivity index is 0. The summed E-state index contributed by atoms with van der Waals surface area (Å²) >= 11 is 0.500. The van der Waals surface area contributed by atoms with E-state index < -0.39 is 10.4 Å². The van der Waals surface area contributed by atoms with Crippen molar-refractivity contribution >= 4 is 10.4 Å². The van der Waals surface area contributed by atoms with Gasteiger partial charge in [0, 0.05) is 0 Å². The average molecular weight is 207 g/mol. The second-order valence-corrected chi connectivity index (χ2v) is 1.34. The zero-order chi connectivity index (χ0) is 6.50. The van der Waals surface area contributed by atoms with Crippen molar-refractivity contribution in [2.24, 2.45) is 0 Å². The summed E-state index contributed by atoms with van der Waals surface area (Å²) in [5, 5.41) is 0. The minimum atomic E-state index is -4.67.